The SMILES string of the molecule is C=CCN(c1ccccc1)c1nc(OCC(=O)O)cc(C(F)(F)F)n1. The van der Waals surface area contributed by atoms with E-state index in [0.717, 1.165) is 0 Å². The summed E-state index contributed by atoms with van der Waals surface area (Å²) >= 11 is 0. The van der Waals surface area contributed by atoms with Crippen molar-refractivity contribution in [1.29, 1.82) is 0 Å². The van der Waals surface area contributed by atoms with Gasteiger partial charge in [-0.15, -0.1) is 6.58 Å². The first kappa shape index (κ1) is 18.2. The van der Waals surface area contributed by atoms with Crippen molar-refractivity contribution in [2.45, 2.75) is 6.18 Å². The molecule has 1 heterocycles. The number of aliphatic carboxylic acids is 1. The molecule has 0 aliphatic rings. The molecular formula is C16H14F3N3O3. The quantitative estimate of drug-likeness (QED) is 0.770. The molecule has 6 nitrogen and oxygen atoms in total. The summed E-state index contributed by atoms with van der Waals surface area (Å²) in [5, 5.41) is 8.63. The van der Waals surface area contributed by atoms with Gasteiger partial charge in [0.25, 0.3) is 0 Å². The van der Waals surface area contributed by atoms with Crippen molar-refractivity contribution in [3.8, 4) is 5.88 Å². The lowest BCUT2D eigenvalue weighted by molar-refractivity contribution is -0.141. The first-order valence-corrected chi connectivity index (χ1v) is 7.05. The molecule has 0 atom stereocenters. The second kappa shape index (κ2) is 7.65. The van der Waals surface area contributed by atoms with Crippen molar-refractivity contribution >= 4 is 17.6 Å². The summed E-state index contributed by atoms with van der Waals surface area (Å²) in [6.07, 6.45) is -3.26. The minimum absolute atomic E-state index is 0.143. The average molecular weight is 353 g/mol. The van der Waals surface area contributed by atoms with Gasteiger partial charge in [-0.1, -0.05) is 24.3 Å². The third kappa shape index (κ3) is 4.93. The Bertz CT molecular complexity index is 751. The Morgan fingerprint density at radius 3 is 2.52 bits per heavy atom. The van der Waals surface area contributed by atoms with Gasteiger partial charge in [-0.3, -0.25) is 0 Å². The Morgan fingerprint density at radius 2 is 1.96 bits per heavy atom. The molecule has 0 unspecified atom stereocenters. The number of aromatic nitrogens is 2. The first-order valence-electron chi connectivity index (χ1n) is 7.05. The predicted molar refractivity (Wildman–Crippen MR) is 83.8 cm³/mol. The van der Waals surface area contributed by atoms with E-state index in [9.17, 15) is 18.0 Å². The highest BCUT2D eigenvalue weighted by Gasteiger charge is 2.34. The molecule has 9 heteroatoms. The maximum Gasteiger partial charge on any atom is 0.433 e. The lowest BCUT2D eigenvalue weighted by Crippen LogP contribution is -2.22. The van der Waals surface area contributed by atoms with E-state index < -0.39 is 30.3 Å². The van der Waals surface area contributed by atoms with Crippen LogP contribution in [0.25, 0.3) is 0 Å². The highest BCUT2D eigenvalue weighted by molar-refractivity contribution is 5.68. The van der Waals surface area contributed by atoms with Gasteiger partial charge in [-0.25, -0.2) is 9.78 Å². The van der Waals surface area contributed by atoms with Crippen LogP contribution >= 0.6 is 0 Å². The van der Waals surface area contributed by atoms with Crippen LogP contribution in [0.3, 0.4) is 0 Å². The van der Waals surface area contributed by atoms with Crippen molar-refractivity contribution in [2.75, 3.05) is 18.1 Å². The fourth-order valence-corrected chi connectivity index (χ4v) is 1.93. The van der Waals surface area contributed by atoms with Crippen LogP contribution in [0.4, 0.5) is 24.8 Å². The second-order valence-electron chi connectivity index (χ2n) is 4.81. The van der Waals surface area contributed by atoms with Gasteiger partial charge in [0.2, 0.25) is 11.8 Å². The second-order valence-corrected chi connectivity index (χ2v) is 4.81. The summed E-state index contributed by atoms with van der Waals surface area (Å²) in [4.78, 5) is 19.4. The van der Waals surface area contributed by atoms with E-state index in [1.165, 1.54) is 11.0 Å². The number of para-hydroxylation sites is 1. The number of hydrogen-bond acceptors (Lipinski definition) is 5. The van der Waals surface area contributed by atoms with Gasteiger partial charge >= 0.3 is 12.1 Å². The standard InChI is InChI=1S/C16H14F3N3O3/c1-2-8-22(11-6-4-3-5-7-11)15-20-12(16(17,18)19)9-13(21-15)25-10-14(23)24/h2-7,9H,1,8,10H2,(H,23,24). The number of rotatable bonds is 7. The molecule has 0 bridgehead atoms. The molecule has 0 fully saturated rings. The summed E-state index contributed by atoms with van der Waals surface area (Å²) in [5.74, 6) is -2.09. The Balaban J connectivity index is 2.50. The number of hydrogen-bond donors (Lipinski definition) is 1. The van der Waals surface area contributed by atoms with Crippen molar-refractivity contribution < 1.29 is 27.8 Å². The van der Waals surface area contributed by atoms with E-state index >= 15 is 0 Å². The molecule has 0 amide bonds. The number of alkyl halides is 3. The highest BCUT2D eigenvalue weighted by atomic mass is 19.4. The Morgan fingerprint density at radius 1 is 1.28 bits per heavy atom. The molecule has 2 aromatic rings. The van der Waals surface area contributed by atoms with Crippen LogP contribution in [-0.4, -0.2) is 34.2 Å². The molecule has 0 saturated heterocycles. The van der Waals surface area contributed by atoms with Crippen molar-refractivity contribution in [3.63, 3.8) is 0 Å². The molecule has 1 N–H and O–H groups in total. The van der Waals surface area contributed by atoms with Gasteiger partial charge in [0.1, 0.15) is 0 Å². The maximum absolute atomic E-state index is 13.1. The zero-order chi connectivity index (χ0) is 18.4. The number of carbonyl (C=O) groups is 1. The van der Waals surface area contributed by atoms with E-state index in [1.54, 1.807) is 30.3 Å². The molecule has 1 aromatic carbocycles. The molecular weight excluding hydrogens is 339 g/mol. The monoisotopic (exact) mass is 353 g/mol. The lowest BCUT2D eigenvalue weighted by atomic mass is 10.3. The maximum atomic E-state index is 13.1. The van der Waals surface area contributed by atoms with E-state index in [1.807, 2.05) is 0 Å². The summed E-state index contributed by atoms with van der Waals surface area (Å²) in [5.41, 5.74) is -0.686. The third-order valence-corrected chi connectivity index (χ3v) is 2.95. The van der Waals surface area contributed by atoms with Crippen LogP contribution in [0, 0.1) is 0 Å². The van der Waals surface area contributed by atoms with Crippen molar-refractivity contribution in [1.82, 2.24) is 9.97 Å². The summed E-state index contributed by atoms with van der Waals surface area (Å²) in [7, 11) is 0. The number of carboxylic acid groups (broad SMARTS) is 1. The fourth-order valence-electron chi connectivity index (χ4n) is 1.93. The smallest absolute Gasteiger partial charge is 0.433 e. The lowest BCUT2D eigenvalue weighted by Gasteiger charge is -2.22. The van der Waals surface area contributed by atoms with Gasteiger partial charge in [0.05, 0.1) is 0 Å². The molecule has 1 aromatic heterocycles. The van der Waals surface area contributed by atoms with Crippen LogP contribution in [0.15, 0.2) is 49.1 Å². The molecule has 0 aliphatic carbocycles. The Kier molecular flexibility index (Phi) is 5.58. The number of benzene rings is 1. The van der Waals surface area contributed by atoms with E-state index in [-0.39, 0.29) is 12.5 Å². The summed E-state index contributed by atoms with van der Waals surface area (Å²) in [6, 6.07) is 9.07. The number of anilines is 2. The largest absolute Gasteiger partial charge is 0.479 e. The average Bonchev–Trinajstić information content (AvgIpc) is 2.57. The van der Waals surface area contributed by atoms with Gasteiger partial charge in [0, 0.05) is 18.3 Å². The van der Waals surface area contributed by atoms with Gasteiger partial charge in [0.15, 0.2) is 12.3 Å². The molecule has 0 saturated carbocycles. The predicted octanol–water partition coefficient (Wildman–Crippen LogP) is 3.28. The Hall–Kier alpha value is -3.10. The van der Waals surface area contributed by atoms with Crippen LogP contribution in [0.5, 0.6) is 5.88 Å². The molecule has 0 radical (unpaired) electrons. The van der Waals surface area contributed by atoms with Gasteiger partial charge in [-0.2, -0.15) is 18.2 Å². The topological polar surface area (TPSA) is 75.6 Å². The molecule has 2 rings (SSSR count). The molecule has 132 valence electrons. The Labute approximate surface area is 141 Å². The minimum atomic E-state index is -4.74. The van der Waals surface area contributed by atoms with Crippen LogP contribution in [0.1, 0.15) is 5.69 Å². The molecule has 0 aliphatic heterocycles. The van der Waals surface area contributed by atoms with Crippen molar-refractivity contribution in [2.24, 2.45) is 0 Å². The number of ether oxygens (including phenoxy) is 1. The van der Waals surface area contributed by atoms with Crippen molar-refractivity contribution in [3.05, 3.63) is 54.7 Å². The third-order valence-electron chi connectivity index (χ3n) is 2.95. The van der Waals surface area contributed by atoms with Gasteiger partial charge in [-0.05, 0) is 12.1 Å². The molecule has 25 heavy (non-hydrogen) atoms. The summed E-state index contributed by atoms with van der Waals surface area (Å²) in [6.45, 7) is 2.90. The summed E-state index contributed by atoms with van der Waals surface area (Å²) < 4.78 is 44.1. The number of halogens is 3. The highest BCUT2D eigenvalue weighted by Crippen LogP contribution is 2.32. The number of carboxylic acids is 1. The van der Waals surface area contributed by atoms with Crippen LogP contribution < -0.4 is 9.64 Å². The molecule has 0 spiro atoms. The minimum Gasteiger partial charge on any atom is -0.479 e. The van der Waals surface area contributed by atoms with Crippen LogP contribution in [0.2, 0.25) is 0 Å². The first-order chi connectivity index (χ1) is 11.8. The van der Waals surface area contributed by atoms with E-state index in [0.29, 0.717) is 11.8 Å². The normalized spacial score (nSPS) is 11.0. The zero-order valence-corrected chi connectivity index (χ0v) is 12.9. The van der Waals surface area contributed by atoms with E-state index in [2.05, 4.69) is 16.5 Å². The fraction of sp³-hybridized carbons (Fsp3) is 0.188. The number of nitrogens with zero attached hydrogens (tertiary/aromatic N) is 3. The van der Waals surface area contributed by atoms with Gasteiger partial charge < -0.3 is 14.7 Å². The van der Waals surface area contributed by atoms with E-state index in [4.69, 9.17) is 9.84 Å². The zero-order valence-electron chi connectivity index (χ0n) is 12.9. The van der Waals surface area contributed by atoms with Crippen LogP contribution in [-0.2, 0) is 11.0 Å².